The Kier molecular flexibility index (Phi) is 5.87. The van der Waals surface area contributed by atoms with Gasteiger partial charge in [-0.15, -0.1) is 0 Å². The summed E-state index contributed by atoms with van der Waals surface area (Å²) in [5, 5.41) is 4.39. The summed E-state index contributed by atoms with van der Waals surface area (Å²) in [5.41, 5.74) is 1.60. The van der Waals surface area contributed by atoms with Crippen LogP contribution >= 0.6 is 0 Å². The summed E-state index contributed by atoms with van der Waals surface area (Å²) >= 11 is 0. The summed E-state index contributed by atoms with van der Waals surface area (Å²) in [5.74, 6) is 0.579. The molecule has 1 N–H and O–H groups in total. The molecular weight excluding hydrogens is 410 g/mol. The van der Waals surface area contributed by atoms with E-state index >= 15 is 0 Å². The van der Waals surface area contributed by atoms with Gasteiger partial charge in [0, 0.05) is 51.5 Å². The van der Waals surface area contributed by atoms with Crippen molar-refractivity contribution in [2.75, 3.05) is 17.8 Å². The van der Waals surface area contributed by atoms with E-state index in [1.54, 1.807) is 12.5 Å². The Morgan fingerprint density at radius 1 is 1.19 bits per heavy atom. The van der Waals surface area contributed by atoms with Crippen LogP contribution in [0.15, 0.2) is 21.4 Å². The molecule has 0 aliphatic heterocycles. The first-order chi connectivity index (χ1) is 14.5. The van der Waals surface area contributed by atoms with Crippen LogP contribution in [0, 0.1) is 12.3 Å². The molecule has 170 valence electrons. The predicted molar refractivity (Wildman–Crippen MR) is 127 cm³/mol. The minimum atomic E-state index is -2.06. The Morgan fingerprint density at radius 3 is 2.52 bits per heavy atom. The number of hydrogen-bond acceptors (Lipinski definition) is 6. The molecule has 2 heterocycles. The fraction of sp³-hybridized carbons (Fsp3) is 0.696. The normalized spacial score (nSPS) is 26.2. The molecule has 0 bridgehead atoms. The summed E-state index contributed by atoms with van der Waals surface area (Å²) in [6.45, 7) is 6.38. The van der Waals surface area contributed by atoms with Gasteiger partial charge in [0.1, 0.15) is 5.65 Å². The van der Waals surface area contributed by atoms with Gasteiger partial charge in [-0.25, -0.2) is 9.35 Å². The average molecular weight is 446 g/mol. The van der Waals surface area contributed by atoms with Crippen LogP contribution in [0.3, 0.4) is 0 Å². The quantitative estimate of drug-likeness (QED) is 0.758. The van der Waals surface area contributed by atoms with Gasteiger partial charge in [0.15, 0.2) is 0 Å². The number of fused-ring (bicyclic) bond motifs is 1. The lowest BCUT2D eigenvalue weighted by Crippen LogP contribution is -2.33. The third kappa shape index (κ3) is 4.78. The average Bonchev–Trinajstić information content (AvgIpc) is 3.02. The lowest BCUT2D eigenvalue weighted by atomic mass is 9.87. The highest BCUT2D eigenvalue weighted by atomic mass is 32.2. The fourth-order valence-corrected chi connectivity index (χ4v) is 6.20. The van der Waals surface area contributed by atoms with E-state index in [9.17, 15) is 9.00 Å². The number of nitrogens with zero attached hydrogens (tertiary/aromatic N) is 4. The van der Waals surface area contributed by atoms with Gasteiger partial charge >= 0.3 is 0 Å². The third-order valence-corrected chi connectivity index (χ3v) is 7.70. The van der Waals surface area contributed by atoms with Crippen molar-refractivity contribution < 1.29 is 4.21 Å². The Bertz CT molecular complexity index is 1150. The number of pyridine rings is 1. The molecule has 0 aromatic carbocycles. The van der Waals surface area contributed by atoms with Gasteiger partial charge in [-0.2, -0.15) is 4.98 Å². The van der Waals surface area contributed by atoms with Crippen LogP contribution in [0.5, 0.6) is 0 Å². The minimum Gasteiger partial charge on any atom is -0.351 e. The first kappa shape index (κ1) is 22.2. The van der Waals surface area contributed by atoms with Gasteiger partial charge in [0.05, 0.1) is 6.04 Å². The highest BCUT2D eigenvalue weighted by Crippen LogP contribution is 2.46. The summed E-state index contributed by atoms with van der Waals surface area (Å²) in [6.07, 6.45) is 12.2. The van der Waals surface area contributed by atoms with Crippen molar-refractivity contribution in [3.8, 4) is 0 Å². The molecule has 0 amide bonds. The Balaban J connectivity index is 1.61. The number of nitrogens with one attached hydrogen (secondary N) is 1. The maximum Gasteiger partial charge on any atom is 0.255 e. The molecule has 2 aliphatic rings. The van der Waals surface area contributed by atoms with E-state index < -0.39 is 9.73 Å². The van der Waals surface area contributed by atoms with Gasteiger partial charge in [0.25, 0.3) is 5.56 Å². The van der Waals surface area contributed by atoms with Gasteiger partial charge in [-0.1, -0.05) is 20.3 Å². The highest BCUT2D eigenvalue weighted by Gasteiger charge is 2.37. The Labute approximate surface area is 185 Å². The zero-order valence-corrected chi connectivity index (χ0v) is 20.2. The third-order valence-electron chi connectivity index (χ3n) is 6.90. The molecule has 0 spiro atoms. The second-order valence-corrected chi connectivity index (χ2v) is 12.9. The van der Waals surface area contributed by atoms with Crippen molar-refractivity contribution in [1.82, 2.24) is 14.5 Å². The molecule has 31 heavy (non-hydrogen) atoms. The first-order valence-electron chi connectivity index (χ1n) is 11.4. The van der Waals surface area contributed by atoms with Crippen LogP contribution in [-0.4, -0.2) is 43.3 Å². The molecule has 8 heteroatoms. The predicted octanol–water partition coefficient (Wildman–Crippen LogP) is 4.30. The molecule has 2 aromatic rings. The Morgan fingerprint density at radius 2 is 1.90 bits per heavy atom. The smallest absolute Gasteiger partial charge is 0.255 e. The van der Waals surface area contributed by atoms with Crippen LogP contribution < -0.4 is 10.9 Å². The lowest BCUT2D eigenvalue weighted by molar-refractivity contribution is 0.260. The molecular formula is C23H35N5O2S. The molecule has 0 radical (unpaired) electrons. The second kappa shape index (κ2) is 8.19. The number of hydrogen-bond donors (Lipinski definition) is 1. The van der Waals surface area contributed by atoms with Crippen LogP contribution in [-0.2, 0) is 9.73 Å². The second-order valence-electron chi connectivity index (χ2n) is 10.3. The van der Waals surface area contributed by atoms with E-state index in [0.717, 1.165) is 61.5 Å². The summed E-state index contributed by atoms with van der Waals surface area (Å²) in [7, 11) is -2.06. The van der Waals surface area contributed by atoms with E-state index in [0.29, 0.717) is 5.95 Å². The number of anilines is 1. The minimum absolute atomic E-state index is 0.0574. The largest absolute Gasteiger partial charge is 0.351 e. The van der Waals surface area contributed by atoms with E-state index in [4.69, 9.17) is 4.98 Å². The molecule has 1 atom stereocenters. The molecule has 2 saturated carbocycles. The standard InChI is InChI=1S/C23H35N5O2S/c1-15-13-16-14-24-22(25-17-8-10-18(11-9-17)27-31(4,5)30)26-20(16)28(21(15)29)19-7-6-12-23(19,2)3/h13-14,17-19H,6-12H2,1-5H3,(H,24,25,26)/t17?,18?,19-/m0/s1. The van der Waals surface area contributed by atoms with Crippen molar-refractivity contribution in [3.63, 3.8) is 0 Å². The summed E-state index contributed by atoms with van der Waals surface area (Å²) < 4.78 is 18.4. The van der Waals surface area contributed by atoms with Gasteiger partial charge < -0.3 is 5.32 Å². The van der Waals surface area contributed by atoms with Crippen LogP contribution in [0.4, 0.5) is 5.95 Å². The zero-order chi connectivity index (χ0) is 22.4. The molecule has 2 aromatic heterocycles. The number of aryl methyl sites for hydroxylation is 1. The van der Waals surface area contributed by atoms with Gasteiger partial charge in [-0.3, -0.25) is 13.6 Å². The molecule has 2 fully saturated rings. The summed E-state index contributed by atoms with van der Waals surface area (Å²) in [4.78, 5) is 22.5. The van der Waals surface area contributed by atoms with Crippen molar-refractivity contribution in [2.24, 2.45) is 9.78 Å². The molecule has 7 nitrogen and oxygen atoms in total. The topological polar surface area (TPSA) is 89.2 Å². The zero-order valence-electron chi connectivity index (χ0n) is 19.4. The summed E-state index contributed by atoms with van der Waals surface area (Å²) in [6, 6.07) is 2.50. The van der Waals surface area contributed by atoms with Gasteiger partial charge in [-0.05, 0) is 56.9 Å². The monoisotopic (exact) mass is 445 g/mol. The van der Waals surface area contributed by atoms with E-state index in [1.165, 1.54) is 0 Å². The van der Waals surface area contributed by atoms with Crippen LogP contribution in [0.2, 0.25) is 0 Å². The molecule has 4 rings (SSSR count). The van der Waals surface area contributed by atoms with Crippen molar-refractivity contribution in [1.29, 1.82) is 0 Å². The van der Waals surface area contributed by atoms with Gasteiger partial charge in [0.2, 0.25) is 5.95 Å². The van der Waals surface area contributed by atoms with Crippen LogP contribution in [0.25, 0.3) is 11.0 Å². The SMILES string of the molecule is Cc1cc2cnc(NC3CCC(N=S(C)(C)=O)CC3)nc2n([C@H]2CCCC2(C)C)c1=O. The highest BCUT2D eigenvalue weighted by molar-refractivity contribution is 7.92. The molecule has 0 unspecified atom stereocenters. The first-order valence-corrected chi connectivity index (χ1v) is 13.7. The maximum absolute atomic E-state index is 13.2. The van der Waals surface area contributed by atoms with E-state index in [-0.39, 0.29) is 29.1 Å². The van der Waals surface area contributed by atoms with Crippen molar-refractivity contribution in [2.45, 2.75) is 83.8 Å². The number of aromatic nitrogens is 3. The molecule has 2 aliphatic carbocycles. The maximum atomic E-state index is 13.2. The molecule has 0 saturated heterocycles. The van der Waals surface area contributed by atoms with E-state index in [2.05, 4.69) is 28.5 Å². The van der Waals surface area contributed by atoms with Crippen molar-refractivity contribution >= 4 is 26.7 Å². The lowest BCUT2D eigenvalue weighted by Gasteiger charge is -2.30. The van der Waals surface area contributed by atoms with E-state index in [1.807, 2.05) is 23.8 Å². The van der Waals surface area contributed by atoms with Crippen LogP contribution in [0.1, 0.15) is 70.4 Å². The fourth-order valence-electron chi connectivity index (χ4n) is 5.27. The number of rotatable bonds is 4. The Hall–Kier alpha value is -1.96. The van der Waals surface area contributed by atoms with Crippen molar-refractivity contribution in [3.05, 3.63) is 28.2 Å².